The van der Waals surface area contributed by atoms with E-state index in [0.29, 0.717) is 18.0 Å². The van der Waals surface area contributed by atoms with Gasteiger partial charge >= 0.3 is 6.18 Å². The standard InChI is InChI=1S/C27H33F3N4O/c1-3-5-7-8-9-20-10-12-21(13-11-20)32-25-24(27(28,29)30)19-31-26(34-25)33-22-14-16-23(17-15-22)35-18-6-4-2/h10-17,19H,3-9,18H2,1-2H3,(H2,31,32,33,34). The van der Waals surface area contributed by atoms with Gasteiger partial charge in [-0.25, -0.2) is 4.98 Å². The molecule has 3 rings (SSSR count). The molecule has 0 amide bonds. The third-order valence-electron chi connectivity index (χ3n) is 5.51. The third-order valence-corrected chi connectivity index (χ3v) is 5.51. The zero-order valence-electron chi connectivity index (χ0n) is 20.3. The fourth-order valence-electron chi connectivity index (χ4n) is 3.49. The highest BCUT2D eigenvalue weighted by Crippen LogP contribution is 2.35. The molecular formula is C27H33F3N4O. The fraction of sp³-hybridized carbons (Fsp3) is 0.407. The highest BCUT2D eigenvalue weighted by atomic mass is 19.4. The Kier molecular flexibility index (Phi) is 9.76. The maximum Gasteiger partial charge on any atom is 0.421 e. The number of alkyl halides is 3. The Morgan fingerprint density at radius 2 is 1.46 bits per heavy atom. The number of aromatic nitrogens is 2. The first-order valence-corrected chi connectivity index (χ1v) is 12.2. The lowest BCUT2D eigenvalue weighted by Crippen LogP contribution is -2.12. The highest BCUT2D eigenvalue weighted by molar-refractivity contribution is 5.63. The molecule has 2 aromatic carbocycles. The number of nitrogens with one attached hydrogen (secondary N) is 2. The molecule has 3 aromatic rings. The first-order chi connectivity index (χ1) is 16.9. The van der Waals surface area contributed by atoms with Crippen LogP contribution < -0.4 is 15.4 Å². The summed E-state index contributed by atoms with van der Waals surface area (Å²) in [5.41, 5.74) is 1.42. The lowest BCUT2D eigenvalue weighted by Gasteiger charge is -2.15. The second kappa shape index (κ2) is 13.0. The average Bonchev–Trinajstić information content (AvgIpc) is 2.83. The molecule has 188 valence electrons. The summed E-state index contributed by atoms with van der Waals surface area (Å²) in [6.45, 7) is 4.90. The molecule has 0 aliphatic rings. The molecule has 0 aliphatic carbocycles. The molecule has 0 unspecified atom stereocenters. The van der Waals surface area contributed by atoms with Gasteiger partial charge in [0.05, 0.1) is 6.61 Å². The average molecular weight is 487 g/mol. The number of hydrogen-bond acceptors (Lipinski definition) is 5. The largest absolute Gasteiger partial charge is 0.494 e. The molecule has 0 radical (unpaired) electrons. The molecule has 0 atom stereocenters. The molecule has 1 aromatic heterocycles. The van der Waals surface area contributed by atoms with E-state index >= 15 is 0 Å². The van der Waals surface area contributed by atoms with Crippen LogP contribution in [0.4, 0.5) is 36.3 Å². The van der Waals surface area contributed by atoms with Crippen LogP contribution in [0, 0.1) is 0 Å². The summed E-state index contributed by atoms with van der Waals surface area (Å²) in [6.07, 6.45) is 3.85. The van der Waals surface area contributed by atoms with E-state index in [-0.39, 0.29) is 11.8 Å². The monoisotopic (exact) mass is 486 g/mol. The molecule has 0 saturated carbocycles. The topological polar surface area (TPSA) is 59.1 Å². The molecule has 8 heteroatoms. The summed E-state index contributed by atoms with van der Waals surface area (Å²) in [6, 6.07) is 14.6. The molecular weight excluding hydrogens is 453 g/mol. The van der Waals surface area contributed by atoms with Crippen molar-refractivity contribution in [2.75, 3.05) is 17.2 Å². The van der Waals surface area contributed by atoms with Crippen molar-refractivity contribution in [3.05, 3.63) is 65.9 Å². The summed E-state index contributed by atoms with van der Waals surface area (Å²) in [7, 11) is 0. The number of anilines is 4. The van der Waals surface area contributed by atoms with Crippen LogP contribution in [0.15, 0.2) is 54.7 Å². The first kappa shape index (κ1) is 26.3. The number of halogens is 3. The minimum atomic E-state index is -4.59. The smallest absolute Gasteiger partial charge is 0.421 e. The van der Waals surface area contributed by atoms with Gasteiger partial charge in [0, 0.05) is 17.6 Å². The zero-order chi connectivity index (χ0) is 25.1. The molecule has 2 N–H and O–H groups in total. The van der Waals surface area contributed by atoms with Crippen LogP contribution in [0.3, 0.4) is 0 Å². The molecule has 5 nitrogen and oxygen atoms in total. The van der Waals surface area contributed by atoms with Crippen molar-refractivity contribution in [1.29, 1.82) is 0 Å². The van der Waals surface area contributed by atoms with Gasteiger partial charge in [0.15, 0.2) is 0 Å². The Morgan fingerprint density at radius 3 is 2.11 bits per heavy atom. The summed E-state index contributed by atoms with van der Waals surface area (Å²) in [5.74, 6) is 0.492. The van der Waals surface area contributed by atoms with Crippen molar-refractivity contribution in [3.8, 4) is 5.75 Å². The molecule has 1 heterocycles. The van der Waals surface area contributed by atoms with Crippen LogP contribution in [-0.2, 0) is 12.6 Å². The van der Waals surface area contributed by atoms with Gasteiger partial charge in [0.1, 0.15) is 17.1 Å². The van der Waals surface area contributed by atoms with Crippen molar-refractivity contribution in [1.82, 2.24) is 9.97 Å². The number of unbranched alkanes of at least 4 members (excludes halogenated alkanes) is 4. The quantitative estimate of drug-likeness (QED) is 0.238. The van der Waals surface area contributed by atoms with Crippen molar-refractivity contribution in [2.45, 2.75) is 65.0 Å². The normalized spacial score (nSPS) is 11.3. The SMILES string of the molecule is CCCCCCc1ccc(Nc2nc(Nc3ccc(OCCCC)cc3)ncc2C(F)(F)F)cc1. The van der Waals surface area contributed by atoms with E-state index in [9.17, 15) is 13.2 Å². The van der Waals surface area contributed by atoms with Gasteiger partial charge in [-0.15, -0.1) is 0 Å². The van der Waals surface area contributed by atoms with Crippen LogP contribution in [0.5, 0.6) is 5.75 Å². The second-order valence-corrected chi connectivity index (χ2v) is 8.44. The van der Waals surface area contributed by atoms with Gasteiger partial charge < -0.3 is 15.4 Å². The van der Waals surface area contributed by atoms with Crippen LogP contribution in [0.2, 0.25) is 0 Å². The van der Waals surface area contributed by atoms with Crippen LogP contribution in [0.1, 0.15) is 63.5 Å². The maximum atomic E-state index is 13.6. The summed E-state index contributed by atoms with van der Waals surface area (Å²) < 4.78 is 46.4. The number of rotatable bonds is 13. The summed E-state index contributed by atoms with van der Waals surface area (Å²) in [5, 5.41) is 5.78. The van der Waals surface area contributed by atoms with E-state index in [1.807, 2.05) is 12.1 Å². The van der Waals surface area contributed by atoms with Gasteiger partial charge in [-0.3, -0.25) is 0 Å². The minimum Gasteiger partial charge on any atom is -0.494 e. The van der Waals surface area contributed by atoms with Crippen LogP contribution in [-0.4, -0.2) is 16.6 Å². The molecule has 0 bridgehead atoms. The summed E-state index contributed by atoms with van der Waals surface area (Å²) >= 11 is 0. The van der Waals surface area contributed by atoms with Crippen LogP contribution >= 0.6 is 0 Å². The fourth-order valence-corrected chi connectivity index (χ4v) is 3.49. The van der Waals surface area contributed by atoms with Crippen molar-refractivity contribution >= 4 is 23.1 Å². The molecule has 0 saturated heterocycles. The van der Waals surface area contributed by atoms with E-state index in [4.69, 9.17) is 4.74 Å². The van der Waals surface area contributed by atoms with Gasteiger partial charge in [0.25, 0.3) is 0 Å². The number of aryl methyl sites for hydroxylation is 1. The van der Waals surface area contributed by atoms with E-state index in [1.54, 1.807) is 36.4 Å². The van der Waals surface area contributed by atoms with Gasteiger partial charge in [-0.1, -0.05) is 51.7 Å². The van der Waals surface area contributed by atoms with Gasteiger partial charge in [-0.2, -0.15) is 18.2 Å². The van der Waals surface area contributed by atoms with Crippen molar-refractivity contribution in [3.63, 3.8) is 0 Å². The Bertz CT molecular complexity index is 1040. The number of nitrogens with zero attached hydrogens (tertiary/aromatic N) is 2. The number of ether oxygens (including phenoxy) is 1. The van der Waals surface area contributed by atoms with E-state index < -0.39 is 11.7 Å². The maximum absolute atomic E-state index is 13.6. The zero-order valence-corrected chi connectivity index (χ0v) is 20.3. The lowest BCUT2D eigenvalue weighted by atomic mass is 10.1. The highest BCUT2D eigenvalue weighted by Gasteiger charge is 2.35. The lowest BCUT2D eigenvalue weighted by molar-refractivity contribution is -0.137. The van der Waals surface area contributed by atoms with Gasteiger partial charge in [0.2, 0.25) is 5.95 Å². The van der Waals surface area contributed by atoms with E-state index in [2.05, 4.69) is 34.4 Å². The van der Waals surface area contributed by atoms with Crippen LogP contribution in [0.25, 0.3) is 0 Å². The Morgan fingerprint density at radius 1 is 0.800 bits per heavy atom. The van der Waals surface area contributed by atoms with Crippen molar-refractivity contribution in [2.24, 2.45) is 0 Å². The molecule has 0 fully saturated rings. The number of benzene rings is 2. The minimum absolute atomic E-state index is 0.0627. The molecule has 0 aliphatic heterocycles. The Labute approximate surface area is 205 Å². The number of hydrogen-bond donors (Lipinski definition) is 2. The third kappa shape index (κ3) is 8.46. The van der Waals surface area contributed by atoms with Crippen molar-refractivity contribution < 1.29 is 17.9 Å². The van der Waals surface area contributed by atoms with Gasteiger partial charge in [-0.05, 0) is 61.2 Å². The second-order valence-electron chi connectivity index (χ2n) is 8.44. The molecule has 0 spiro atoms. The first-order valence-electron chi connectivity index (χ1n) is 12.2. The summed E-state index contributed by atoms with van der Waals surface area (Å²) in [4.78, 5) is 8.00. The predicted octanol–water partition coefficient (Wildman–Crippen LogP) is 8.28. The Balaban J connectivity index is 1.71. The molecule has 35 heavy (non-hydrogen) atoms. The van der Waals surface area contributed by atoms with E-state index in [1.165, 1.54) is 19.3 Å². The van der Waals surface area contributed by atoms with E-state index in [0.717, 1.165) is 43.2 Å². The predicted molar refractivity (Wildman–Crippen MR) is 135 cm³/mol. The Hall–Kier alpha value is -3.29.